The first-order valence-electron chi connectivity index (χ1n) is 5.96. The molecular weight excluding hydrogens is 218 g/mol. The molecule has 3 heterocycles. The SMILES string of the molecule is CCCN1CCc2nc3scc(C)n3c2C1. The highest BCUT2D eigenvalue weighted by atomic mass is 32.1. The molecular formula is C12H17N3S. The third-order valence-corrected chi connectivity index (χ3v) is 4.23. The molecule has 0 saturated heterocycles. The second-order valence-electron chi connectivity index (χ2n) is 4.53. The van der Waals surface area contributed by atoms with E-state index in [1.807, 2.05) is 0 Å². The van der Waals surface area contributed by atoms with Crippen LogP contribution in [-0.2, 0) is 13.0 Å². The van der Waals surface area contributed by atoms with Crippen molar-refractivity contribution in [2.45, 2.75) is 33.2 Å². The number of fused-ring (bicyclic) bond motifs is 3. The van der Waals surface area contributed by atoms with Gasteiger partial charge in [0, 0.05) is 30.6 Å². The van der Waals surface area contributed by atoms with Gasteiger partial charge in [0.2, 0.25) is 0 Å². The first-order valence-corrected chi connectivity index (χ1v) is 6.84. The number of thiazole rings is 1. The lowest BCUT2D eigenvalue weighted by Crippen LogP contribution is -2.31. The first-order chi connectivity index (χ1) is 7.79. The van der Waals surface area contributed by atoms with E-state index in [4.69, 9.17) is 4.98 Å². The van der Waals surface area contributed by atoms with E-state index in [1.54, 1.807) is 11.3 Å². The number of imidazole rings is 1. The van der Waals surface area contributed by atoms with Gasteiger partial charge in [0.1, 0.15) is 0 Å². The monoisotopic (exact) mass is 235 g/mol. The minimum absolute atomic E-state index is 1.07. The van der Waals surface area contributed by atoms with Gasteiger partial charge in [-0.2, -0.15) is 0 Å². The van der Waals surface area contributed by atoms with Crippen LogP contribution in [-0.4, -0.2) is 27.4 Å². The maximum Gasteiger partial charge on any atom is 0.194 e. The summed E-state index contributed by atoms with van der Waals surface area (Å²) in [6.07, 6.45) is 2.35. The van der Waals surface area contributed by atoms with Crippen LogP contribution >= 0.6 is 11.3 Å². The molecule has 2 aromatic rings. The molecule has 4 heteroatoms. The molecule has 0 atom stereocenters. The molecule has 1 aliphatic rings. The van der Waals surface area contributed by atoms with Gasteiger partial charge in [0.05, 0.1) is 11.4 Å². The van der Waals surface area contributed by atoms with Gasteiger partial charge in [-0.15, -0.1) is 11.3 Å². The van der Waals surface area contributed by atoms with Gasteiger partial charge in [-0.3, -0.25) is 9.30 Å². The summed E-state index contributed by atoms with van der Waals surface area (Å²) in [6.45, 7) is 7.87. The van der Waals surface area contributed by atoms with Gasteiger partial charge in [0.15, 0.2) is 4.96 Å². The highest BCUT2D eigenvalue weighted by Gasteiger charge is 2.22. The molecule has 3 nitrogen and oxygen atoms in total. The van der Waals surface area contributed by atoms with Crippen LogP contribution < -0.4 is 0 Å². The summed E-state index contributed by atoms with van der Waals surface area (Å²) in [4.78, 5) is 8.43. The Kier molecular flexibility index (Phi) is 2.48. The molecule has 0 spiro atoms. The van der Waals surface area contributed by atoms with Gasteiger partial charge in [-0.25, -0.2) is 4.98 Å². The Morgan fingerprint density at radius 3 is 3.19 bits per heavy atom. The van der Waals surface area contributed by atoms with Crippen LogP contribution in [0.3, 0.4) is 0 Å². The Labute approximate surface area is 99.7 Å². The first kappa shape index (κ1) is 10.3. The fraction of sp³-hybridized carbons (Fsp3) is 0.583. The molecule has 0 bridgehead atoms. The number of rotatable bonds is 2. The van der Waals surface area contributed by atoms with Gasteiger partial charge < -0.3 is 0 Å². The minimum atomic E-state index is 1.07. The van der Waals surface area contributed by atoms with Crippen LogP contribution in [0.15, 0.2) is 5.38 Å². The van der Waals surface area contributed by atoms with E-state index in [0.29, 0.717) is 0 Å². The van der Waals surface area contributed by atoms with Crippen molar-refractivity contribution in [1.82, 2.24) is 14.3 Å². The lowest BCUT2D eigenvalue weighted by Gasteiger charge is -2.25. The average Bonchev–Trinajstić information content (AvgIpc) is 2.80. The van der Waals surface area contributed by atoms with Crippen LogP contribution in [0.2, 0.25) is 0 Å². The van der Waals surface area contributed by atoms with Crippen molar-refractivity contribution in [2.24, 2.45) is 0 Å². The van der Waals surface area contributed by atoms with Crippen molar-refractivity contribution in [3.8, 4) is 0 Å². The minimum Gasteiger partial charge on any atom is -0.297 e. The standard InChI is InChI=1S/C12H17N3S/c1-3-5-14-6-4-10-11(7-14)15-9(2)8-16-12(15)13-10/h8H,3-7H2,1-2H3. The normalized spacial score (nSPS) is 16.9. The van der Waals surface area contributed by atoms with E-state index in [2.05, 4.69) is 28.5 Å². The summed E-state index contributed by atoms with van der Waals surface area (Å²) < 4.78 is 2.34. The Bertz CT molecular complexity index is 512. The molecule has 16 heavy (non-hydrogen) atoms. The van der Waals surface area contributed by atoms with Crippen molar-refractivity contribution in [2.75, 3.05) is 13.1 Å². The highest BCUT2D eigenvalue weighted by Crippen LogP contribution is 2.25. The van der Waals surface area contributed by atoms with Crippen LogP contribution in [0.25, 0.3) is 4.96 Å². The summed E-state index contributed by atoms with van der Waals surface area (Å²) in [7, 11) is 0. The van der Waals surface area contributed by atoms with Crippen LogP contribution in [0.4, 0.5) is 0 Å². The van der Waals surface area contributed by atoms with E-state index in [1.165, 1.54) is 41.6 Å². The molecule has 1 aliphatic heterocycles. The number of aryl methyl sites for hydroxylation is 1. The predicted molar refractivity (Wildman–Crippen MR) is 67.1 cm³/mol. The van der Waals surface area contributed by atoms with Crippen LogP contribution in [0, 0.1) is 6.92 Å². The Morgan fingerprint density at radius 2 is 2.38 bits per heavy atom. The second-order valence-corrected chi connectivity index (χ2v) is 5.36. The zero-order valence-corrected chi connectivity index (χ0v) is 10.7. The summed E-state index contributed by atoms with van der Waals surface area (Å²) >= 11 is 1.76. The zero-order chi connectivity index (χ0) is 11.1. The van der Waals surface area contributed by atoms with E-state index in [9.17, 15) is 0 Å². The predicted octanol–water partition coefficient (Wildman–Crippen LogP) is 2.47. The number of hydrogen-bond acceptors (Lipinski definition) is 3. The third-order valence-electron chi connectivity index (χ3n) is 3.29. The van der Waals surface area contributed by atoms with E-state index >= 15 is 0 Å². The molecule has 3 rings (SSSR count). The molecule has 0 saturated carbocycles. The summed E-state index contributed by atoms with van der Waals surface area (Å²) in [5.41, 5.74) is 4.07. The molecule has 0 radical (unpaired) electrons. The molecule has 0 unspecified atom stereocenters. The van der Waals surface area contributed by atoms with Gasteiger partial charge in [-0.1, -0.05) is 6.92 Å². The Morgan fingerprint density at radius 1 is 1.50 bits per heavy atom. The van der Waals surface area contributed by atoms with E-state index in [-0.39, 0.29) is 0 Å². The largest absolute Gasteiger partial charge is 0.297 e. The smallest absolute Gasteiger partial charge is 0.194 e. The number of nitrogens with zero attached hydrogens (tertiary/aromatic N) is 3. The number of aromatic nitrogens is 2. The zero-order valence-electron chi connectivity index (χ0n) is 9.86. The quantitative estimate of drug-likeness (QED) is 0.797. The molecule has 86 valence electrons. The van der Waals surface area contributed by atoms with Crippen molar-refractivity contribution in [3.63, 3.8) is 0 Å². The summed E-state index contributed by atoms with van der Waals surface area (Å²) in [5.74, 6) is 0. The molecule has 0 aliphatic carbocycles. The molecule has 0 aromatic carbocycles. The van der Waals surface area contributed by atoms with Crippen molar-refractivity contribution in [3.05, 3.63) is 22.5 Å². The fourth-order valence-corrected chi connectivity index (χ4v) is 3.44. The lowest BCUT2D eigenvalue weighted by atomic mass is 10.1. The van der Waals surface area contributed by atoms with E-state index < -0.39 is 0 Å². The molecule has 0 amide bonds. The highest BCUT2D eigenvalue weighted by molar-refractivity contribution is 7.15. The van der Waals surface area contributed by atoms with E-state index in [0.717, 1.165) is 13.0 Å². The molecule has 0 N–H and O–H groups in total. The summed E-state index contributed by atoms with van der Waals surface area (Å²) in [6, 6.07) is 0. The van der Waals surface area contributed by atoms with Gasteiger partial charge >= 0.3 is 0 Å². The number of hydrogen-bond donors (Lipinski definition) is 0. The Hall–Kier alpha value is -0.870. The maximum atomic E-state index is 4.72. The molecule has 0 fully saturated rings. The van der Waals surface area contributed by atoms with Crippen molar-refractivity contribution >= 4 is 16.3 Å². The van der Waals surface area contributed by atoms with Crippen LogP contribution in [0.1, 0.15) is 30.4 Å². The van der Waals surface area contributed by atoms with Crippen molar-refractivity contribution in [1.29, 1.82) is 0 Å². The maximum absolute atomic E-state index is 4.72. The molecule has 2 aromatic heterocycles. The topological polar surface area (TPSA) is 20.5 Å². The average molecular weight is 235 g/mol. The summed E-state index contributed by atoms with van der Waals surface area (Å²) in [5, 5.41) is 2.20. The fourth-order valence-electron chi connectivity index (χ4n) is 2.53. The Balaban J connectivity index is 2.03. The van der Waals surface area contributed by atoms with Crippen LogP contribution in [0.5, 0.6) is 0 Å². The second kappa shape index (κ2) is 3.86. The van der Waals surface area contributed by atoms with Gasteiger partial charge in [0.25, 0.3) is 0 Å². The van der Waals surface area contributed by atoms with Gasteiger partial charge in [-0.05, 0) is 19.9 Å². The third kappa shape index (κ3) is 1.48. The van der Waals surface area contributed by atoms with Crippen molar-refractivity contribution < 1.29 is 0 Å². The lowest BCUT2D eigenvalue weighted by molar-refractivity contribution is 0.249.